The SMILES string of the molecule is COCCN(C(=O)Cn1nnc2ccccc21)C(C(=O)Nc1ccc(F)cc1)c1ccc(C)cc1. The van der Waals surface area contributed by atoms with Crippen molar-refractivity contribution in [2.45, 2.75) is 19.5 Å². The van der Waals surface area contributed by atoms with Crippen molar-refractivity contribution in [1.82, 2.24) is 19.9 Å². The van der Waals surface area contributed by atoms with E-state index in [2.05, 4.69) is 15.6 Å². The predicted octanol–water partition coefficient (Wildman–Crippen LogP) is 3.73. The van der Waals surface area contributed by atoms with Gasteiger partial charge in [0.1, 0.15) is 23.9 Å². The summed E-state index contributed by atoms with van der Waals surface area (Å²) in [6.07, 6.45) is 0. The standard InChI is InChI=1S/C26H26FN5O3/c1-18-7-9-19(10-8-18)25(26(34)28-21-13-11-20(27)12-14-21)31(15-16-35-2)24(33)17-32-23-6-4-3-5-22(23)29-30-32/h3-14,25H,15-17H2,1-2H3,(H,28,34). The highest BCUT2D eigenvalue weighted by Crippen LogP contribution is 2.25. The first-order chi connectivity index (χ1) is 17.0. The number of ether oxygens (including phenoxy) is 1. The van der Waals surface area contributed by atoms with Crippen molar-refractivity contribution in [2.24, 2.45) is 0 Å². The van der Waals surface area contributed by atoms with Gasteiger partial charge >= 0.3 is 0 Å². The second-order valence-corrected chi connectivity index (χ2v) is 8.13. The number of carbonyl (C=O) groups excluding carboxylic acids is 2. The minimum atomic E-state index is -0.946. The van der Waals surface area contributed by atoms with Crippen molar-refractivity contribution < 1.29 is 18.7 Å². The van der Waals surface area contributed by atoms with Crippen molar-refractivity contribution in [2.75, 3.05) is 25.6 Å². The molecule has 1 aromatic heterocycles. The first kappa shape index (κ1) is 24.0. The number of para-hydroxylation sites is 1. The molecule has 0 saturated heterocycles. The molecule has 0 saturated carbocycles. The summed E-state index contributed by atoms with van der Waals surface area (Å²) in [6.45, 7) is 2.25. The van der Waals surface area contributed by atoms with Crippen LogP contribution in [0.2, 0.25) is 0 Å². The van der Waals surface area contributed by atoms with Crippen LogP contribution in [0.25, 0.3) is 11.0 Å². The van der Waals surface area contributed by atoms with Crippen LogP contribution in [0.5, 0.6) is 0 Å². The number of benzene rings is 3. The van der Waals surface area contributed by atoms with Crippen LogP contribution in [0, 0.1) is 12.7 Å². The summed E-state index contributed by atoms with van der Waals surface area (Å²) in [6, 6.07) is 19.3. The topological polar surface area (TPSA) is 89.3 Å². The Morgan fingerprint density at radius 1 is 1.06 bits per heavy atom. The number of fused-ring (bicyclic) bond motifs is 1. The van der Waals surface area contributed by atoms with Gasteiger partial charge in [-0.1, -0.05) is 47.2 Å². The molecule has 0 bridgehead atoms. The molecule has 0 aliphatic rings. The number of aryl methyl sites for hydroxylation is 1. The lowest BCUT2D eigenvalue weighted by atomic mass is 10.0. The van der Waals surface area contributed by atoms with E-state index in [0.29, 0.717) is 16.8 Å². The van der Waals surface area contributed by atoms with E-state index in [9.17, 15) is 14.0 Å². The Morgan fingerprint density at radius 2 is 1.77 bits per heavy atom. The molecule has 180 valence electrons. The highest BCUT2D eigenvalue weighted by atomic mass is 19.1. The van der Waals surface area contributed by atoms with E-state index < -0.39 is 17.8 Å². The first-order valence-electron chi connectivity index (χ1n) is 11.2. The van der Waals surface area contributed by atoms with Gasteiger partial charge in [0.05, 0.1) is 12.1 Å². The molecule has 0 fully saturated rings. The fourth-order valence-electron chi connectivity index (χ4n) is 3.81. The number of amides is 2. The number of rotatable bonds is 9. The Morgan fingerprint density at radius 3 is 2.49 bits per heavy atom. The minimum absolute atomic E-state index is 0.101. The highest BCUT2D eigenvalue weighted by molar-refractivity contribution is 5.98. The first-order valence-corrected chi connectivity index (χ1v) is 11.2. The number of halogens is 1. The summed E-state index contributed by atoms with van der Waals surface area (Å²) in [5.74, 6) is -1.15. The Hall–Kier alpha value is -4.11. The fraction of sp³-hybridized carbons (Fsp3) is 0.231. The maximum Gasteiger partial charge on any atom is 0.251 e. The third kappa shape index (κ3) is 5.70. The normalized spacial score (nSPS) is 11.9. The van der Waals surface area contributed by atoms with Gasteiger partial charge in [-0.3, -0.25) is 9.59 Å². The Bertz CT molecular complexity index is 1300. The van der Waals surface area contributed by atoms with E-state index in [1.807, 2.05) is 55.5 Å². The van der Waals surface area contributed by atoms with Gasteiger partial charge in [-0.05, 0) is 48.9 Å². The quantitative estimate of drug-likeness (QED) is 0.398. The molecule has 0 aliphatic heterocycles. The van der Waals surface area contributed by atoms with Gasteiger partial charge in [-0.15, -0.1) is 5.10 Å². The van der Waals surface area contributed by atoms with Crippen LogP contribution in [-0.2, 0) is 20.9 Å². The Balaban J connectivity index is 1.68. The zero-order chi connectivity index (χ0) is 24.8. The van der Waals surface area contributed by atoms with Crippen LogP contribution in [0.15, 0.2) is 72.8 Å². The van der Waals surface area contributed by atoms with Crippen molar-refractivity contribution in [3.05, 3.63) is 89.7 Å². The van der Waals surface area contributed by atoms with Crippen molar-refractivity contribution in [3.8, 4) is 0 Å². The van der Waals surface area contributed by atoms with Crippen molar-refractivity contribution in [1.29, 1.82) is 0 Å². The van der Waals surface area contributed by atoms with Crippen molar-refractivity contribution >= 4 is 28.5 Å². The molecule has 0 spiro atoms. The lowest BCUT2D eigenvalue weighted by Crippen LogP contribution is -2.44. The Kier molecular flexibility index (Phi) is 7.47. The molecule has 4 rings (SSSR count). The molecular weight excluding hydrogens is 449 g/mol. The third-order valence-electron chi connectivity index (χ3n) is 5.63. The second kappa shape index (κ2) is 10.9. The number of hydrogen-bond acceptors (Lipinski definition) is 5. The second-order valence-electron chi connectivity index (χ2n) is 8.13. The minimum Gasteiger partial charge on any atom is -0.383 e. The van der Waals surface area contributed by atoms with Crippen LogP contribution >= 0.6 is 0 Å². The number of nitrogens with zero attached hydrogens (tertiary/aromatic N) is 4. The van der Waals surface area contributed by atoms with Gasteiger partial charge in [0.25, 0.3) is 5.91 Å². The maximum absolute atomic E-state index is 13.6. The monoisotopic (exact) mass is 475 g/mol. The molecule has 1 unspecified atom stereocenters. The van der Waals surface area contributed by atoms with Gasteiger partial charge in [-0.25, -0.2) is 9.07 Å². The molecule has 0 radical (unpaired) electrons. The van der Waals surface area contributed by atoms with Crippen LogP contribution in [-0.4, -0.2) is 52.0 Å². The van der Waals surface area contributed by atoms with Gasteiger partial charge in [0.2, 0.25) is 5.91 Å². The largest absolute Gasteiger partial charge is 0.383 e. The van der Waals surface area contributed by atoms with E-state index >= 15 is 0 Å². The molecule has 0 aliphatic carbocycles. The summed E-state index contributed by atoms with van der Waals surface area (Å²) in [7, 11) is 1.53. The van der Waals surface area contributed by atoms with E-state index in [-0.39, 0.29) is 25.6 Å². The number of methoxy groups -OCH3 is 1. The number of aromatic nitrogens is 3. The van der Waals surface area contributed by atoms with E-state index in [0.717, 1.165) is 11.1 Å². The molecule has 2 amide bonds. The number of anilines is 1. The maximum atomic E-state index is 13.6. The van der Waals surface area contributed by atoms with Crippen LogP contribution < -0.4 is 5.32 Å². The molecule has 1 atom stereocenters. The average molecular weight is 476 g/mol. The molecule has 8 nitrogen and oxygen atoms in total. The van der Waals surface area contributed by atoms with Crippen LogP contribution in [0.1, 0.15) is 17.2 Å². The summed E-state index contributed by atoms with van der Waals surface area (Å²) in [5.41, 5.74) is 3.48. The lowest BCUT2D eigenvalue weighted by molar-refractivity contribution is -0.140. The van der Waals surface area contributed by atoms with Crippen molar-refractivity contribution in [3.63, 3.8) is 0 Å². The molecule has 4 aromatic rings. The Labute approximate surface area is 202 Å². The average Bonchev–Trinajstić information content (AvgIpc) is 3.26. The third-order valence-corrected chi connectivity index (χ3v) is 5.63. The molecule has 1 heterocycles. The lowest BCUT2D eigenvalue weighted by Gasteiger charge is -2.31. The summed E-state index contributed by atoms with van der Waals surface area (Å²) in [4.78, 5) is 28.6. The van der Waals surface area contributed by atoms with Gasteiger partial charge in [-0.2, -0.15) is 0 Å². The molecule has 1 N–H and O–H groups in total. The zero-order valence-electron chi connectivity index (χ0n) is 19.5. The van der Waals surface area contributed by atoms with Gasteiger partial charge < -0.3 is 15.0 Å². The molecule has 9 heteroatoms. The molecule has 3 aromatic carbocycles. The zero-order valence-corrected chi connectivity index (χ0v) is 19.5. The fourth-order valence-corrected chi connectivity index (χ4v) is 3.81. The molecular formula is C26H26FN5O3. The van der Waals surface area contributed by atoms with Gasteiger partial charge in [0, 0.05) is 19.3 Å². The number of hydrogen-bond donors (Lipinski definition) is 1. The summed E-state index contributed by atoms with van der Waals surface area (Å²) >= 11 is 0. The van der Waals surface area contributed by atoms with Gasteiger partial charge in [0.15, 0.2) is 0 Å². The van der Waals surface area contributed by atoms with E-state index in [1.165, 1.54) is 41.0 Å². The number of nitrogens with one attached hydrogen (secondary N) is 1. The predicted molar refractivity (Wildman–Crippen MR) is 130 cm³/mol. The van der Waals surface area contributed by atoms with Crippen LogP contribution in [0.4, 0.5) is 10.1 Å². The molecule has 35 heavy (non-hydrogen) atoms. The summed E-state index contributed by atoms with van der Waals surface area (Å²) < 4.78 is 20.1. The van der Waals surface area contributed by atoms with Crippen LogP contribution in [0.3, 0.4) is 0 Å². The summed E-state index contributed by atoms with van der Waals surface area (Å²) in [5, 5.41) is 11.0. The highest BCUT2D eigenvalue weighted by Gasteiger charge is 2.32. The van der Waals surface area contributed by atoms with E-state index in [1.54, 1.807) is 0 Å². The van der Waals surface area contributed by atoms with E-state index in [4.69, 9.17) is 4.74 Å². The smallest absolute Gasteiger partial charge is 0.251 e. The number of carbonyl (C=O) groups is 2.